The summed E-state index contributed by atoms with van der Waals surface area (Å²) in [6.07, 6.45) is 0. The number of nitrogens with one attached hydrogen (secondary N) is 1. The summed E-state index contributed by atoms with van der Waals surface area (Å²) < 4.78 is 29.1. The molecule has 2 aromatic rings. The summed E-state index contributed by atoms with van der Waals surface area (Å²) in [4.78, 5) is 23.9. The lowest BCUT2D eigenvalue weighted by atomic mass is 10.1. The first-order valence-electron chi connectivity index (χ1n) is 6.54. The lowest BCUT2D eigenvalue weighted by Gasteiger charge is -2.07. The van der Waals surface area contributed by atoms with E-state index in [1.807, 2.05) is 0 Å². The van der Waals surface area contributed by atoms with Gasteiger partial charge in [0.1, 0.15) is 0 Å². The van der Waals surface area contributed by atoms with E-state index in [9.17, 15) is 18.4 Å². The summed E-state index contributed by atoms with van der Waals surface area (Å²) in [6.45, 7) is 0. The molecule has 0 aromatic heterocycles. The van der Waals surface area contributed by atoms with Crippen LogP contribution in [0.5, 0.6) is 0 Å². The lowest BCUT2D eigenvalue weighted by molar-refractivity contribution is 0.0600. The van der Waals surface area contributed by atoms with Gasteiger partial charge < -0.3 is 10.1 Å². The lowest BCUT2D eigenvalue weighted by Crippen LogP contribution is -2.12. The van der Waals surface area contributed by atoms with E-state index in [1.54, 1.807) is 18.2 Å². The highest BCUT2D eigenvalue weighted by Crippen LogP contribution is 2.25. The van der Waals surface area contributed by atoms with E-state index in [0.717, 1.165) is 0 Å². The Hall–Kier alpha value is -2.41. The zero-order valence-electron chi connectivity index (χ0n) is 12.1. The number of alkyl halides is 2. The number of halogens is 2. The Bertz CT molecular complexity index is 705. The Morgan fingerprint density at radius 1 is 1.09 bits per heavy atom. The molecule has 0 atom stereocenters. The van der Waals surface area contributed by atoms with E-state index in [1.165, 1.54) is 37.4 Å². The van der Waals surface area contributed by atoms with E-state index < -0.39 is 17.6 Å². The van der Waals surface area contributed by atoms with Crippen LogP contribution >= 0.6 is 11.8 Å². The SMILES string of the molecule is COC(=O)c1cccc(NC(=O)c2ccc(SC(F)F)cc2)c1. The standard InChI is InChI=1S/C16H13F2NO3S/c1-22-15(21)11-3-2-4-12(9-11)19-14(20)10-5-7-13(8-6-10)23-16(17)18/h2-9,16H,1H3,(H,19,20). The second-order valence-electron chi connectivity index (χ2n) is 4.43. The fraction of sp³-hybridized carbons (Fsp3) is 0.125. The molecule has 0 saturated carbocycles. The molecular weight excluding hydrogens is 324 g/mol. The summed E-state index contributed by atoms with van der Waals surface area (Å²) in [5.41, 5.74) is 1.07. The second-order valence-corrected chi connectivity index (χ2v) is 5.49. The molecule has 0 heterocycles. The number of thioether (sulfide) groups is 1. The van der Waals surface area contributed by atoms with Gasteiger partial charge in [-0.15, -0.1) is 0 Å². The van der Waals surface area contributed by atoms with Gasteiger partial charge in [-0.05, 0) is 42.5 Å². The number of methoxy groups -OCH3 is 1. The molecule has 0 unspecified atom stereocenters. The average Bonchev–Trinajstić information content (AvgIpc) is 2.54. The molecule has 2 rings (SSSR count). The Morgan fingerprint density at radius 2 is 1.78 bits per heavy atom. The summed E-state index contributed by atoms with van der Waals surface area (Å²) >= 11 is 0.414. The highest BCUT2D eigenvalue weighted by molar-refractivity contribution is 7.99. The molecule has 0 spiro atoms. The molecule has 0 bridgehead atoms. The number of anilines is 1. The van der Waals surface area contributed by atoms with Gasteiger partial charge in [-0.25, -0.2) is 4.79 Å². The molecule has 120 valence electrons. The van der Waals surface area contributed by atoms with Gasteiger partial charge in [-0.2, -0.15) is 8.78 Å². The van der Waals surface area contributed by atoms with Crippen LogP contribution in [-0.2, 0) is 4.74 Å². The minimum atomic E-state index is -2.50. The van der Waals surface area contributed by atoms with Crippen molar-refractivity contribution in [3.63, 3.8) is 0 Å². The number of esters is 1. The van der Waals surface area contributed by atoms with E-state index >= 15 is 0 Å². The van der Waals surface area contributed by atoms with Crippen LogP contribution in [0.3, 0.4) is 0 Å². The Labute approximate surface area is 135 Å². The number of hydrogen-bond donors (Lipinski definition) is 1. The van der Waals surface area contributed by atoms with Gasteiger partial charge in [0.25, 0.3) is 11.7 Å². The second kappa shape index (κ2) is 7.73. The molecule has 0 aliphatic carbocycles. The van der Waals surface area contributed by atoms with Crippen molar-refractivity contribution >= 4 is 29.3 Å². The van der Waals surface area contributed by atoms with Crippen LogP contribution in [0.2, 0.25) is 0 Å². The molecule has 23 heavy (non-hydrogen) atoms. The number of ether oxygens (including phenoxy) is 1. The minimum Gasteiger partial charge on any atom is -0.465 e. The number of rotatable bonds is 5. The molecule has 1 amide bonds. The zero-order chi connectivity index (χ0) is 16.8. The van der Waals surface area contributed by atoms with Gasteiger partial charge in [0.05, 0.1) is 12.7 Å². The molecule has 1 N–H and O–H groups in total. The number of carbonyl (C=O) groups excluding carboxylic acids is 2. The van der Waals surface area contributed by atoms with Crippen molar-refractivity contribution < 1.29 is 23.1 Å². The van der Waals surface area contributed by atoms with Crippen LogP contribution in [-0.4, -0.2) is 24.7 Å². The molecule has 7 heteroatoms. The topological polar surface area (TPSA) is 55.4 Å². The fourth-order valence-corrected chi connectivity index (χ4v) is 2.33. The van der Waals surface area contributed by atoms with Crippen LogP contribution < -0.4 is 5.32 Å². The zero-order valence-corrected chi connectivity index (χ0v) is 12.9. The largest absolute Gasteiger partial charge is 0.465 e. The predicted octanol–water partition coefficient (Wildman–Crippen LogP) is 4.04. The van der Waals surface area contributed by atoms with Gasteiger partial charge in [0.15, 0.2) is 0 Å². The van der Waals surface area contributed by atoms with Crippen LogP contribution in [0.15, 0.2) is 53.4 Å². The number of amides is 1. The number of hydrogen-bond acceptors (Lipinski definition) is 4. The maximum Gasteiger partial charge on any atom is 0.337 e. The third-order valence-electron chi connectivity index (χ3n) is 2.88. The number of carbonyl (C=O) groups is 2. The van der Waals surface area contributed by atoms with E-state index in [0.29, 0.717) is 33.5 Å². The average molecular weight is 337 g/mol. The van der Waals surface area contributed by atoms with Crippen molar-refractivity contribution in [2.45, 2.75) is 10.7 Å². The Balaban J connectivity index is 2.08. The van der Waals surface area contributed by atoms with E-state index in [2.05, 4.69) is 10.1 Å². The third kappa shape index (κ3) is 4.79. The van der Waals surface area contributed by atoms with Gasteiger partial charge in [0.2, 0.25) is 0 Å². The molecular formula is C16H13F2NO3S. The first-order valence-corrected chi connectivity index (χ1v) is 7.42. The van der Waals surface area contributed by atoms with Gasteiger partial charge >= 0.3 is 5.97 Å². The summed E-state index contributed by atoms with van der Waals surface area (Å²) in [5.74, 6) is -3.41. The van der Waals surface area contributed by atoms with Crippen LogP contribution in [0.25, 0.3) is 0 Å². The summed E-state index contributed by atoms with van der Waals surface area (Å²) in [6, 6.07) is 12.1. The molecule has 0 aliphatic rings. The first kappa shape index (κ1) is 17.0. The molecule has 2 aromatic carbocycles. The minimum absolute atomic E-state index is 0.314. The Morgan fingerprint density at radius 3 is 2.39 bits per heavy atom. The van der Waals surface area contributed by atoms with Crippen molar-refractivity contribution in [1.82, 2.24) is 0 Å². The van der Waals surface area contributed by atoms with Gasteiger partial charge in [-0.3, -0.25) is 4.79 Å². The van der Waals surface area contributed by atoms with Crippen LogP contribution in [0.1, 0.15) is 20.7 Å². The molecule has 0 saturated heterocycles. The first-order chi connectivity index (χ1) is 11.0. The fourth-order valence-electron chi connectivity index (χ4n) is 1.83. The van der Waals surface area contributed by atoms with Crippen LogP contribution in [0, 0.1) is 0 Å². The molecule has 4 nitrogen and oxygen atoms in total. The van der Waals surface area contributed by atoms with Crippen LogP contribution in [0.4, 0.5) is 14.5 Å². The molecule has 0 radical (unpaired) electrons. The summed E-state index contributed by atoms with van der Waals surface area (Å²) in [5, 5.41) is 2.64. The van der Waals surface area contributed by atoms with Crippen molar-refractivity contribution in [3.05, 3.63) is 59.7 Å². The van der Waals surface area contributed by atoms with Crippen molar-refractivity contribution in [3.8, 4) is 0 Å². The third-order valence-corrected chi connectivity index (χ3v) is 3.61. The van der Waals surface area contributed by atoms with Crippen molar-refractivity contribution in [2.24, 2.45) is 0 Å². The van der Waals surface area contributed by atoms with Gasteiger partial charge in [0, 0.05) is 16.1 Å². The maximum atomic E-state index is 12.2. The monoisotopic (exact) mass is 337 g/mol. The Kier molecular flexibility index (Phi) is 5.70. The molecule has 0 fully saturated rings. The van der Waals surface area contributed by atoms with E-state index in [-0.39, 0.29) is 0 Å². The van der Waals surface area contributed by atoms with E-state index in [4.69, 9.17) is 0 Å². The smallest absolute Gasteiger partial charge is 0.337 e. The number of benzene rings is 2. The predicted molar refractivity (Wildman–Crippen MR) is 84.0 cm³/mol. The quantitative estimate of drug-likeness (QED) is 0.661. The molecule has 0 aliphatic heterocycles. The van der Waals surface area contributed by atoms with Crippen molar-refractivity contribution in [2.75, 3.05) is 12.4 Å². The van der Waals surface area contributed by atoms with Crippen molar-refractivity contribution in [1.29, 1.82) is 0 Å². The highest BCUT2D eigenvalue weighted by atomic mass is 32.2. The summed E-state index contributed by atoms with van der Waals surface area (Å²) in [7, 11) is 1.27. The maximum absolute atomic E-state index is 12.2. The normalized spacial score (nSPS) is 10.4. The van der Waals surface area contributed by atoms with Gasteiger partial charge in [-0.1, -0.05) is 17.8 Å². The highest BCUT2D eigenvalue weighted by Gasteiger charge is 2.10.